The second-order valence-corrected chi connectivity index (χ2v) is 6.42. The molecule has 0 saturated heterocycles. The number of hydrogen-bond donors (Lipinski definition) is 2. The van der Waals surface area contributed by atoms with Crippen molar-refractivity contribution in [2.75, 3.05) is 5.75 Å². The van der Waals surface area contributed by atoms with E-state index in [9.17, 15) is 4.79 Å². The monoisotopic (exact) mass is 279 g/mol. The summed E-state index contributed by atoms with van der Waals surface area (Å²) in [5, 5.41) is 3.37. The van der Waals surface area contributed by atoms with Crippen molar-refractivity contribution in [1.82, 2.24) is 10.3 Å². The zero-order chi connectivity index (χ0) is 13.7. The second kappa shape index (κ2) is 6.39. The van der Waals surface area contributed by atoms with E-state index in [1.165, 1.54) is 4.90 Å². The minimum atomic E-state index is -0.556. The molecule has 1 amide bonds. The molecule has 1 saturated carbocycles. The van der Waals surface area contributed by atoms with Gasteiger partial charge in [-0.25, -0.2) is 0 Å². The van der Waals surface area contributed by atoms with Crippen LogP contribution in [0.25, 0.3) is 0 Å². The first kappa shape index (κ1) is 14.3. The van der Waals surface area contributed by atoms with E-state index in [1.54, 1.807) is 24.2 Å². The van der Waals surface area contributed by atoms with E-state index in [0.29, 0.717) is 6.04 Å². The highest BCUT2D eigenvalue weighted by Crippen LogP contribution is 2.26. The number of nitrogens with one attached hydrogen (secondary N) is 1. The van der Waals surface area contributed by atoms with E-state index >= 15 is 0 Å². The van der Waals surface area contributed by atoms with Crippen LogP contribution in [0.4, 0.5) is 0 Å². The quantitative estimate of drug-likeness (QED) is 0.564. The third kappa shape index (κ3) is 4.51. The molecule has 0 spiro atoms. The normalized spacial score (nSPS) is 17.9. The van der Waals surface area contributed by atoms with Crippen LogP contribution in [-0.2, 0) is 4.79 Å². The van der Waals surface area contributed by atoms with Gasteiger partial charge in [0.25, 0.3) is 0 Å². The molecule has 1 aliphatic carbocycles. The Bertz CT molecular complexity index is 422. The van der Waals surface area contributed by atoms with E-state index in [0.717, 1.165) is 31.4 Å². The van der Waals surface area contributed by atoms with Crippen molar-refractivity contribution >= 4 is 17.7 Å². The average Bonchev–Trinajstić information content (AvgIpc) is 3.19. The molecule has 0 aromatic carbocycles. The Morgan fingerprint density at radius 3 is 2.79 bits per heavy atom. The molecule has 2 rings (SSSR count). The second-order valence-electron chi connectivity index (χ2n) is 5.25. The Morgan fingerprint density at radius 1 is 1.53 bits per heavy atom. The van der Waals surface area contributed by atoms with Crippen molar-refractivity contribution < 1.29 is 4.79 Å². The van der Waals surface area contributed by atoms with Gasteiger partial charge in [-0.15, -0.1) is 11.8 Å². The van der Waals surface area contributed by atoms with Gasteiger partial charge in [-0.3, -0.25) is 9.78 Å². The number of aromatic nitrogens is 1. The Kier molecular flexibility index (Phi) is 4.82. The maximum atomic E-state index is 11.6. The Hall–Kier alpha value is -1.07. The van der Waals surface area contributed by atoms with Crippen LogP contribution in [0.15, 0.2) is 29.4 Å². The Balaban J connectivity index is 1.74. The van der Waals surface area contributed by atoms with Gasteiger partial charge in [0.15, 0.2) is 0 Å². The summed E-state index contributed by atoms with van der Waals surface area (Å²) in [4.78, 5) is 16.8. The average molecular weight is 279 g/mol. The van der Waals surface area contributed by atoms with Gasteiger partial charge in [0, 0.05) is 23.3 Å². The molecule has 0 bridgehead atoms. The maximum absolute atomic E-state index is 11.6. The molecule has 1 atom stereocenters. The summed E-state index contributed by atoms with van der Waals surface area (Å²) >= 11 is 1.79. The summed E-state index contributed by atoms with van der Waals surface area (Å²) in [6, 6.07) is 4.49. The van der Waals surface area contributed by atoms with Crippen molar-refractivity contribution in [3.05, 3.63) is 24.5 Å². The summed E-state index contributed by atoms with van der Waals surface area (Å²) in [6.07, 6.45) is 7.67. The zero-order valence-electron chi connectivity index (χ0n) is 11.3. The lowest BCUT2D eigenvalue weighted by Crippen LogP contribution is -2.54. The molecule has 0 aliphatic heterocycles. The number of thioether (sulfide) groups is 1. The van der Waals surface area contributed by atoms with Gasteiger partial charge < -0.3 is 11.1 Å². The summed E-state index contributed by atoms with van der Waals surface area (Å²) in [7, 11) is 0. The highest BCUT2D eigenvalue weighted by Gasteiger charge is 2.36. The van der Waals surface area contributed by atoms with Crippen LogP contribution in [0.5, 0.6) is 0 Å². The molecule has 1 heterocycles. The molecule has 5 heteroatoms. The first-order valence-corrected chi connectivity index (χ1v) is 7.69. The fourth-order valence-electron chi connectivity index (χ4n) is 1.99. The topological polar surface area (TPSA) is 68.0 Å². The van der Waals surface area contributed by atoms with Crippen LogP contribution in [0.2, 0.25) is 0 Å². The lowest BCUT2D eigenvalue weighted by atomic mass is 9.95. The predicted octanol–water partition coefficient (Wildman–Crippen LogP) is 1.95. The zero-order valence-corrected chi connectivity index (χ0v) is 12.1. The predicted molar refractivity (Wildman–Crippen MR) is 78.0 cm³/mol. The summed E-state index contributed by atoms with van der Waals surface area (Å²) < 4.78 is 0. The molecule has 19 heavy (non-hydrogen) atoms. The number of carbonyl (C=O) groups excluding carboxylic acids is 1. The van der Waals surface area contributed by atoms with Crippen molar-refractivity contribution in [2.24, 2.45) is 5.73 Å². The molecule has 4 nitrogen and oxygen atoms in total. The number of primary amides is 1. The third-order valence-corrected chi connectivity index (χ3v) is 4.48. The first-order valence-electron chi connectivity index (χ1n) is 6.70. The molecule has 1 fully saturated rings. The van der Waals surface area contributed by atoms with Crippen LogP contribution in [0.1, 0.15) is 32.6 Å². The van der Waals surface area contributed by atoms with Crippen molar-refractivity contribution in [2.45, 2.75) is 49.1 Å². The molecule has 0 radical (unpaired) electrons. The maximum Gasteiger partial charge on any atom is 0.237 e. The van der Waals surface area contributed by atoms with Crippen LogP contribution in [0.3, 0.4) is 0 Å². The van der Waals surface area contributed by atoms with Gasteiger partial charge in [-0.2, -0.15) is 0 Å². The summed E-state index contributed by atoms with van der Waals surface area (Å²) in [6.45, 7) is 1.92. The standard InChI is InChI=1S/C14H21N3OS/c1-14(13(15)18,17-11-3-4-11)7-2-10-19-12-5-8-16-9-6-12/h5-6,8-9,11,17H,2-4,7,10H2,1H3,(H2,15,18). The molecular weight excluding hydrogens is 258 g/mol. The number of amides is 1. The van der Waals surface area contributed by atoms with E-state index in [4.69, 9.17) is 5.73 Å². The fraction of sp³-hybridized carbons (Fsp3) is 0.571. The minimum Gasteiger partial charge on any atom is -0.368 e. The van der Waals surface area contributed by atoms with Gasteiger partial charge in [-0.05, 0) is 50.5 Å². The number of carbonyl (C=O) groups is 1. The number of rotatable bonds is 8. The molecule has 1 aromatic heterocycles. The molecule has 1 aromatic rings. The summed E-state index contributed by atoms with van der Waals surface area (Å²) in [5.41, 5.74) is 4.97. The van der Waals surface area contributed by atoms with Gasteiger partial charge in [0.05, 0.1) is 5.54 Å². The third-order valence-electron chi connectivity index (χ3n) is 3.38. The summed E-state index contributed by atoms with van der Waals surface area (Å²) in [5.74, 6) is 0.743. The lowest BCUT2D eigenvalue weighted by molar-refractivity contribution is -0.124. The number of nitrogens with two attached hydrogens (primary N) is 1. The van der Waals surface area contributed by atoms with Crippen molar-refractivity contribution in [3.8, 4) is 0 Å². The Morgan fingerprint density at radius 2 is 2.21 bits per heavy atom. The smallest absolute Gasteiger partial charge is 0.237 e. The van der Waals surface area contributed by atoms with Gasteiger partial charge in [-0.1, -0.05) is 0 Å². The van der Waals surface area contributed by atoms with Crippen LogP contribution in [0, 0.1) is 0 Å². The molecule has 3 N–H and O–H groups in total. The fourth-order valence-corrected chi connectivity index (χ4v) is 2.83. The highest BCUT2D eigenvalue weighted by molar-refractivity contribution is 7.99. The highest BCUT2D eigenvalue weighted by atomic mass is 32.2. The SMILES string of the molecule is CC(CCCSc1ccncc1)(NC1CC1)C(N)=O. The molecular formula is C14H21N3OS. The van der Waals surface area contributed by atoms with Gasteiger partial charge >= 0.3 is 0 Å². The Labute approximate surface area is 118 Å². The largest absolute Gasteiger partial charge is 0.368 e. The number of pyridine rings is 1. The van der Waals surface area contributed by atoms with Crippen LogP contribution in [-0.4, -0.2) is 28.2 Å². The van der Waals surface area contributed by atoms with Crippen LogP contribution >= 0.6 is 11.8 Å². The number of hydrogen-bond acceptors (Lipinski definition) is 4. The van der Waals surface area contributed by atoms with Crippen LogP contribution < -0.4 is 11.1 Å². The minimum absolute atomic E-state index is 0.242. The van der Waals surface area contributed by atoms with Gasteiger partial charge in [0.1, 0.15) is 0 Å². The first-order chi connectivity index (χ1) is 9.10. The van der Waals surface area contributed by atoms with E-state index in [1.807, 2.05) is 19.1 Å². The van der Waals surface area contributed by atoms with E-state index in [2.05, 4.69) is 10.3 Å². The number of nitrogens with zero attached hydrogens (tertiary/aromatic N) is 1. The van der Waals surface area contributed by atoms with Gasteiger partial charge in [0.2, 0.25) is 5.91 Å². The lowest BCUT2D eigenvalue weighted by Gasteiger charge is -2.27. The van der Waals surface area contributed by atoms with E-state index < -0.39 is 5.54 Å². The van der Waals surface area contributed by atoms with Crippen molar-refractivity contribution in [3.63, 3.8) is 0 Å². The molecule has 1 unspecified atom stereocenters. The molecule has 1 aliphatic rings. The van der Waals surface area contributed by atoms with E-state index in [-0.39, 0.29) is 5.91 Å². The molecule has 104 valence electrons. The van der Waals surface area contributed by atoms with Crippen molar-refractivity contribution in [1.29, 1.82) is 0 Å².